The van der Waals surface area contributed by atoms with Crippen molar-refractivity contribution in [3.05, 3.63) is 83.1 Å². The van der Waals surface area contributed by atoms with E-state index in [1.165, 1.54) is 12.3 Å². The van der Waals surface area contributed by atoms with Gasteiger partial charge >= 0.3 is 0 Å². The molecule has 3 saturated carbocycles. The molecule has 3 fully saturated rings. The maximum absolute atomic E-state index is 13.6. The molecule has 1 atom stereocenters. The zero-order valence-electron chi connectivity index (χ0n) is 26.4. The van der Waals surface area contributed by atoms with Crippen LogP contribution in [0.2, 0.25) is 0 Å². The molecular weight excluding hydrogens is 584 g/mol. The molecule has 0 saturated heterocycles. The number of pyridine rings is 2. The number of fused-ring (bicyclic) bond motifs is 1. The second kappa shape index (κ2) is 11.7. The topological polar surface area (TPSA) is 125 Å². The number of rotatable bonds is 10. The zero-order chi connectivity index (χ0) is 32.8. The smallest absolute Gasteiger partial charge is 0.280 e. The number of alkyl halides is 2. The minimum atomic E-state index is -2.71. The van der Waals surface area contributed by atoms with Crippen LogP contribution in [-0.2, 0) is 0 Å². The second-order valence-electron chi connectivity index (χ2n) is 13.6. The number of allylic oxidation sites excluding steroid dienone is 1. The van der Waals surface area contributed by atoms with Gasteiger partial charge in [-0.05, 0) is 67.4 Å². The Kier molecular flexibility index (Phi) is 7.91. The van der Waals surface area contributed by atoms with Crippen LogP contribution in [0.15, 0.2) is 55.0 Å². The van der Waals surface area contributed by atoms with Gasteiger partial charge in [0.15, 0.2) is 0 Å². The van der Waals surface area contributed by atoms with E-state index in [2.05, 4.69) is 76.1 Å². The van der Waals surface area contributed by atoms with Crippen LogP contribution in [-0.4, -0.2) is 33.1 Å². The predicted octanol–water partition coefficient (Wildman–Crippen LogP) is 7.01. The largest absolute Gasteiger partial charge is 0.383 e. The van der Waals surface area contributed by atoms with E-state index < -0.39 is 12.5 Å². The Morgan fingerprint density at radius 2 is 1.93 bits per heavy atom. The fraction of sp³-hybridized carbons (Fsp3) is 0.371. The first kappa shape index (κ1) is 31.0. The quantitative estimate of drug-likeness (QED) is 0.189. The van der Waals surface area contributed by atoms with Crippen LogP contribution in [0.4, 0.5) is 20.2 Å². The van der Waals surface area contributed by atoms with Crippen molar-refractivity contribution in [2.45, 2.75) is 65.0 Å². The van der Waals surface area contributed by atoms with E-state index in [9.17, 15) is 19.3 Å². The highest BCUT2D eigenvalue weighted by molar-refractivity contribution is 5.99. The summed E-state index contributed by atoms with van der Waals surface area (Å²) in [5, 5.41) is 29.8. The van der Waals surface area contributed by atoms with E-state index >= 15 is 0 Å². The highest BCUT2D eigenvalue weighted by Crippen LogP contribution is 2.60. The summed E-state index contributed by atoms with van der Waals surface area (Å²) in [5.41, 5.74) is 11.1. The van der Waals surface area contributed by atoms with Crippen LogP contribution >= 0.6 is 0 Å². The van der Waals surface area contributed by atoms with Gasteiger partial charge in [0.05, 0.1) is 45.3 Å². The van der Waals surface area contributed by atoms with Crippen LogP contribution in [0.25, 0.3) is 22.6 Å². The minimum Gasteiger partial charge on any atom is -0.383 e. The summed E-state index contributed by atoms with van der Waals surface area (Å²) in [6.45, 7) is 13.1. The average Bonchev–Trinajstić information content (AvgIpc) is 3.45. The van der Waals surface area contributed by atoms with E-state index in [1.807, 2.05) is 12.3 Å². The Labute approximate surface area is 267 Å². The monoisotopic (exact) mass is 621 g/mol. The lowest BCUT2D eigenvalue weighted by molar-refractivity contribution is -0.141. The molecule has 236 valence electrons. The van der Waals surface area contributed by atoms with Gasteiger partial charge in [-0.3, -0.25) is 9.99 Å². The molecule has 0 spiro atoms. The van der Waals surface area contributed by atoms with Gasteiger partial charge in [0.1, 0.15) is 17.8 Å². The summed E-state index contributed by atoms with van der Waals surface area (Å²) in [6.07, 6.45) is 7.65. The molecule has 0 unspecified atom stereocenters. The summed E-state index contributed by atoms with van der Waals surface area (Å²) in [7, 11) is 0. The predicted molar refractivity (Wildman–Crippen MR) is 176 cm³/mol. The van der Waals surface area contributed by atoms with Crippen LogP contribution in [0.5, 0.6) is 0 Å². The van der Waals surface area contributed by atoms with Gasteiger partial charge < -0.3 is 16.1 Å². The molecule has 3 aromatic rings. The molecule has 2 aromatic heterocycles. The molecule has 11 heteroatoms. The normalized spacial score (nSPS) is 20.8. The molecule has 4 aliphatic rings. The Morgan fingerprint density at radius 3 is 2.54 bits per heavy atom. The third-order valence-corrected chi connectivity index (χ3v) is 8.92. The molecule has 0 radical (unpaired) electrons. The van der Waals surface area contributed by atoms with Crippen LogP contribution < -0.4 is 21.6 Å². The van der Waals surface area contributed by atoms with Crippen molar-refractivity contribution < 1.29 is 8.78 Å². The van der Waals surface area contributed by atoms with Gasteiger partial charge in [0, 0.05) is 35.6 Å². The number of anilines is 2. The first-order valence-corrected chi connectivity index (χ1v) is 15.4. The molecule has 46 heavy (non-hydrogen) atoms. The van der Waals surface area contributed by atoms with E-state index in [4.69, 9.17) is 0 Å². The van der Waals surface area contributed by atoms with E-state index in [0.29, 0.717) is 56.8 Å². The zero-order valence-corrected chi connectivity index (χ0v) is 26.4. The fourth-order valence-electron chi connectivity index (χ4n) is 6.40. The van der Waals surface area contributed by atoms with Crippen molar-refractivity contribution in [1.29, 1.82) is 10.5 Å². The third kappa shape index (κ3) is 5.63. The number of hydrogen-bond acceptors (Lipinski definition) is 9. The summed E-state index contributed by atoms with van der Waals surface area (Å²) < 4.78 is 27.2. The Morgan fingerprint density at radius 1 is 1.20 bits per heavy atom. The molecule has 3 heterocycles. The summed E-state index contributed by atoms with van der Waals surface area (Å²) in [4.78, 5) is 8.71. The Hall–Kier alpha value is -5.00. The van der Waals surface area contributed by atoms with Crippen molar-refractivity contribution in [2.75, 3.05) is 17.2 Å². The second-order valence-corrected chi connectivity index (χ2v) is 13.6. The number of nitrogens with one attached hydrogen (secondary N) is 4. The van der Waals surface area contributed by atoms with Gasteiger partial charge in [-0.2, -0.15) is 10.5 Å². The van der Waals surface area contributed by atoms with Crippen molar-refractivity contribution in [3.63, 3.8) is 0 Å². The van der Waals surface area contributed by atoms with Gasteiger partial charge in [0.25, 0.3) is 6.43 Å². The van der Waals surface area contributed by atoms with Crippen molar-refractivity contribution in [2.24, 2.45) is 11.3 Å². The van der Waals surface area contributed by atoms with E-state index in [1.54, 1.807) is 31.2 Å². The third-order valence-electron chi connectivity index (χ3n) is 8.92. The standard InChI is InChI=1S/C35H37F2N9/c1-6-7-27-25(8-9-28(43-27)33(36)37)20(2)30(29-18-46(45-44-29)35-12-21(13-35)14-35)42-24-10-22(15-38)31-26(11-24)32(23(16-39)17-40-31)41-19-34(3,4)5/h6-11,17-18,21,30,33,42,44-45H,2,12-14,19H2,1,3-5H3,(H,40,41)/b7-6-/t21?,30-,35?/m0/s1. The molecular formula is C35H37F2N9. The van der Waals surface area contributed by atoms with E-state index in [-0.39, 0.29) is 16.6 Å². The lowest BCUT2D eigenvalue weighted by Crippen LogP contribution is -2.69. The average molecular weight is 622 g/mol. The van der Waals surface area contributed by atoms with Gasteiger partial charge in [0.2, 0.25) is 0 Å². The number of hydrogen-bond donors (Lipinski definition) is 4. The first-order chi connectivity index (χ1) is 21.9. The van der Waals surface area contributed by atoms with Gasteiger partial charge in [-0.25, -0.2) is 13.8 Å². The number of benzene rings is 1. The van der Waals surface area contributed by atoms with Crippen LogP contribution in [0.1, 0.15) is 81.5 Å². The molecule has 1 aliphatic heterocycles. The number of hydrazine groups is 2. The van der Waals surface area contributed by atoms with Crippen LogP contribution in [0, 0.1) is 34.0 Å². The number of halogens is 2. The van der Waals surface area contributed by atoms with Crippen molar-refractivity contribution in [3.8, 4) is 12.1 Å². The lowest BCUT2D eigenvalue weighted by atomic mass is 9.49. The van der Waals surface area contributed by atoms with Gasteiger partial charge in [-0.15, -0.1) is 5.53 Å². The molecule has 3 aliphatic carbocycles. The first-order valence-electron chi connectivity index (χ1n) is 15.4. The Bertz CT molecular complexity index is 1840. The highest BCUT2D eigenvalue weighted by atomic mass is 19.3. The van der Waals surface area contributed by atoms with Crippen molar-refractivity contribution >= 4 is 33.9 Å². The summed E-state index contributed by atoms with van der Waals surface area (Å²) >= 11 is 0. The van der Waals surface area contributed by atoms with Crippen molar-refractivity contribution in [1.82, 2.24) is 25.9 Å². The Balaban J connectivity index is 1.45. The minimum absolute atomic E-state index is 0.0719. The molecule has 1 aromatic carbocycles. The maximum Gasteiger partial charge on any atom is 0.280 e. The SMILES string of the molecule is C=C(c1ccc(C(F)F)nc1/C=C\C)[C@H](Nc1cc(C#N)c2ncc(C#N)c(NCC(C)(C)C)c2c1)C1=CN(C23CC(C2)C3)NN1. The lowest BCUT2D eigenvalue weighted by Gasteiger charge is -2.64. The number of aromatic nitrogens is 2. The molecule has 4 N–H and O–H groups in total. The van der Waals surface area contributed by atoms with Gasteiger partial charge in [-0.1, -0.05) is 39.5 Å². The van der Waals surface area contributed by atoms with Crippen LogP contribution in [0.3, 0.4) is 0 Å². The fourth-order valence-corrected chi connectivity index (χ4v) is 6.40. The molecule has 7 rings (SSSR count). The summed E-state index contributed by atoms with van der Waals surface area (Å²) in [5.74, 6) is 0.779. The highest BCUT2D eigenvalue weighted by Gasteiger charge is 2.60. The molecule has 9 nitrogen and oxygen atoms in total. The molecule has 2 bridgehead atoms. The maximum atomic E-state index is 13.6. The number of nitriles is 2. The summed E-state index contributed by atoms with van der Waals surface area (Å²) in [6, 6.07) is 10.5. The molecule has 0 amide bonds. The van der Waals surface area contributed by atoms with E-state index in [0.717, 1.165) is 30.9 Å². The number of nitrogens with zero attached hydrogens (tertiary/aromatic N) is 5.